The third-order valence-electron chi connectivity index (χ3n) is 2.74. The Morgan fingerprint density at radius 1 is 1.33 bits per heavy atom. The van der Waals surface area contributed by atoms with Crippen LogP contribution in [0.15, 0.2) is 48.8 Å². The van der Waals surface area contributed by atoms with E-state index in [9.17, 15) is 4.79 Å². The van der Waals surface area contributed by atoms with Gasteiger partial charge in [0.1, 0.15) is 6.61 Å². The van der Waals surface area contributed by atoms with Gasteiger partial charge in [-0.25, -0.2) is 0 Å². The van der Waals surface area contributed by atoms with Crippen molar-refractivity contribution in [3.05, 3.63) is 59.9 Å². The molecule has 5 heteroatoms. The predicted octanol–water partition coefficient (Wildman–Crippen LogP) is 2.17. The molecule has 0 aliphatic heterocycles. The van der Waals surface area contributed by atoms with Crippen LogP contribution in [0.4, 0.5) is 0 Å². The molecule has 0 bridgehead atoms. The van der Waals surface area contributed by atoms with Crippen molar-refractivity contribution in [3.8, 4) is 11.5 Å². The maximum atomic E-state index is 10.8. The van der Waals surface area contributed by atoms with Crippen LogP contribution in [0, 0.1) is 0 Å². The number of rotatable bonds is 6. The Balaban J connectivity index is 2.16. The molecule has 108 valence electrons. The normalized spacial score (nSPS) is 10.5. The number of ether oxygens (including phenoxy) is 2. The summed E-state index contributed by atoms with van der Waals surface area (Å²) in [6.07, 6.45) is 6.37. The number of aromatic nitrogens is 1. The molecule has 0 atom stereocenters. The number of pyridine rings is 1. The van der Waals surface area contributed by atoms with E-state index >= 15 is 0 Å². The zero-order chi connectivity index (χ0) is 15.1. The molecule has 21 heavy (non-hydrogen) atoms. The summed E-state index contributed by atoms with van der Waals surface area (Å²) in [6, 6.07) is 9.15. The molecule has 0 unspecified atom stereocenters. The van der Waals surface area contributed by atoms with E-state index in [1.54, 1.807) is 37.7 Å². The molecule has 1 aromatic heterocycles. The Labute approximate surface area is 123 Å². The van der Waals surface area contributed by atoms with Gasteiger partial charge in [-0.05, 0) is 29.8 Å². The third kappa shape index (κ3) is 4.35. The lowest BCUT2D eigenvalue weighted by Crippen LogP contribution is -2.05. The van der Waals surface area contributed by atoms with Crippen molar-refractivity contribution in [3.63, 3.8) is 0 Å². The van der Waals surface area contributed by atoms with Crippen molar-refractivity contribution in [2.75, 3.05) is 7.11 Å². The molecule has 2 N–H and O–H groups in total. The molecule has 0 radical (unpaired) electrons. The van der Waals surface area contributed by atoms with Crippen molar-refractivity contribution >= 4 is 12.0 Å². The van der Waals surface area contributed by atoms with Gasteiger partial charge in [0.2, 0.25) is 5.91 Å². The topological polar surface area (TPSA) is 74.4 Å². The quantitative estimate of drug-likeness (QED) is 0.825. The van der Waals surface area contributed by atoms with E-state index in [1.165, 1.54) is 6.08 Å². The first kappa shape index (κ1) is 14.6. The highest BCUT2D eigenvalue weighted by atomic mass is 16.5. The lowest BCUT2D eigenvalue weighted by Gasteiger charge is -2.11. The highest BCUT2D eigenvalue weighted by Gasteiger charge is 2.05. The number of hydrogen-bond donors (Lipinski definition) is 1. The minimum Gasteiger partial charge on any atom is -0.493 e. The fourth-order valence-corrected chi connectivity index (χ4v) is 1.73. The van der Waals surface area contributed by atoms with Gasteiger partial charge in [-0.15, -0.1) is 0 Å². The van der Waals surface area contributed by atoms with Crippen molar-refractivity contribution in [2.45, 2.75) is 6.61 Å². The Hall–Kier alpha value is -2.82. The van der Waals surface area contributed by atoms with Gasteiger partial charge in [0.15, 0.2) is 11.5 Å². The van der Waals surface area contributed by atoms with E-state index in [0.29, 0.717) is 18.1 Å². The first-order valence-corrected chi connectivity index (χ1v) is 6.36. The minimum absolute atomic E-state index is 0.382. The molecular formula is C16H16N2O3. The Kier molecular flexibility index (Phi) is 4.93. The molecule has 0 aliphatic carbocycles. The van der Waals surface area contributed by atoms with E-state index in [-0.39, 0.29) is 0 Å². The van der Waals surface area contributed by atoms with Crippen molar-refractivity contribution in [1.29, 1.82) is 0 Å². The van der Waals surface area contributed by atoms with E-state index in [4.69, 9.17) is 15.2 Å². The van der Waals surface area contributed by atoms with Crippen LogP contribution in [0.2, 0.25) is 0 Å². The van der Waals surface area contributed by atoms with E-state index in [1.807, 2.05) is 18.2 Å². The molecule has 1 aromatic carbocycles. The highest BCUT2D eigenvalue weighted by Crippen LogP contribution is 2.29. The van der Waals surface area contributed by atoms with Crippen LogP contribution in [0.25, 0.3) is 6.08 Å². The molecule has 1 amide bonds. The standard InChI is InChI=1S/C16H16N2O3/c1-20-14-6-4-12(5-7-16(17)19)9-15(14)21-11-13-3-2-8-18-10-13/h2-10H,11H2,1H3,(H2,17,19)/b7-5-. The molecule has 1 heterocycles. The van der Waals surface area contributed by atoms with E-state index in [0.717, 1.165) is 11.1 Å². The summed E-state index contributed by atoms with van der Waals surface area (Å²) in [4.78, 5) is 14.8. The molecule has 0 aliphatic rings. The second kappa shape index (κ2) is 7.09. The largest absolute Gasteiger partial charge is 0.493 e. The van der Waals surface area contributed by atoms with Crippen LogP contribution in [-0.4, -0.2) is 18.0 Å². The molecule has 0 saturated carbocycles. The number of amides is 1. The smallest absolute Gasteiger partial charge is 0.241 e. The number of nitrogens with two attached hydrogens (primary N) is 1. The Morgan fingerprint density at radius 3 is 2.86 bits per heavy atom. The summed E-state index contributed by atoms with van der Waals surface area (Å²) >= 11 is 0. The van der Waals surface area contributed by atoms with E-state index < -0.39 is 5.91 Å². The van der Waals surface area contributed by atoms with Crippen LogP contribution in [0.5, 0.6) is 11.5 Å². The number of primary amides is 1. The molecule has 5 nitrogen and oxygen atoms in total. The van der Waals surface area contributed by atoms with E-state index in [2.05, 4.69) is 4.98 Å². The summed E-state index contributed by atoms with van der Waals surface area (Å²) in [6.45, 7) is 0.382. The first-order chi connectivity index (χ1) is 10.2. The zero-order valence-corrected chi connectivity index (χ0v) is 11.7. The van der Waals surface area contributed by atoms with Gasteiger partial charge in [0.25, 0.3) is 0 Å². The molecule has 2 rings (SSSR count). The summed E-state index contributed by atoms with van der Waals surface area (Å²) < 4.78 is 11.0. The summed E-state index contributed by atoms with van der Waals surface area (Å²) in [5, 5.41) is 0. The second-order valence-corrected chi connectivity index (χ2v) is 4.30. The molecular weight excluding hydrogens is 268 g/mol. The summed E-state index contributed by atoms with van der Waals surface area (Å²) in [5.41, 5.74) is 6.84. The lowest BCUT2D eigenvalue weighted by molar-refractivity contribution is -0.113. The van der Waals surface area contributed by atoms with Gasteiger partial charge in [0.05, 0.1) is 7.11 Å². The average Bonchev–Trinajstić information content (AvgIpc) is 2.52. The van der Waals surface area contributed by atoms with Crippen molar-refractivity contribution in [2.24, 2.45) is 5.73 Å². The van der Waals surface area contributed by atoms with Gasteiger partial charge in [-0.1, -0.05) is 12.1 Å². The van der Waals surface area contributed by atoms with Gasteiger partial charge < -0.3 is 15.2 Å². The monoisotopic (exact) mass is 284 g/mol. The SMILES string of the molecule is COc1ccc(/C=C\C(N)=O)cc1OCc1cccnc1. The van der Waals surface area contributed by atoms with Gasteiger partial charge in [-0.2, -0.15) is 0 Å². The second-order valence-electron chi connectivity index (χ2n) is 4.30. The number of nitrogens with zero attached hydrogens (tertiary/aromatic N) is 1. The van der Waals surface area contributed by atoms with Gasteiger partial charge in [-0.3, -0.25) is 9.78 Å². The molecule has 2 aromatic rings. The van der Waals surface area contributed by atoms with Crippen LogP contribution in [0.3, 0.4) is 0 Å². The predicted molar refractivity (Wildman–Crippen MR) is 79.8 cm³/mol. The highest BCUT2D eigenvalue weighted by molar-refractivity contribution is 5.90. The molecule has 0 fully saturated rings. The van der Waals surface area contributed by atoms with Crippen LogP contribution < -0.4 is 15.2 Å². The van der Waals surface area contributed by atoms with Crippen LogP contribution in [0.1, 0.15) is 11.1 Å². The molecule has 0 spiro atoms. The maximum absolute atomic E-state index is 10.8. The third-order valence-corrected chi connectivity index (χ3v) is 2.74. The molecule has 0 saturated heterocycles. The summed E-state index contributed by atoms with van der Waals surface area (Å²) in [7, 11) is 1.57. The number of benzene rings is 1. The fraction of sp³-hybridized carbons (Fsp3) is 0.125. The zero-order valence-electron chi connectivity index (χ0n) is 11.7. The fourth-order valence-electron chi connectivity index (χ4n) is 1.73. The first-order valence-electron chi connectivity index (χ1n) is 6.36. The average molecular weight is 284 g/mol. The summed E-state index contributed by atoms with van der Waals surface area (Å²) in [5.74, 6) is 0.715. The lowest BCUT2D eigenvalue weighted by atomic mass is 10.2. The Morgan fingerprint density at radius 2 is 2.19 bits per heavy atom. The van der Waals surface area contributed by atoms with Gasteiger partial charge >= 0.3 is 0 Å². The number of methoxy groups -OCH3 is 1. The van der Waals surface area contributed by atoms with Crippen LogP contribution in [-0.2, 0) is 11.4 Å². The minimum atomic E-state index is -0.497. The maximum Gasteiger partial charge on any atom is 0.241 e. The van der Waals surface area contributed by atoms with Gasteiger partial charge in [0, 0.05) is 24.0 Å². The van der Waals surface area contributed by atoms with Crippen molar-refractivity contribution in [1.82, 2.24) is 4.98 Å². The Bertz CT molecular complexity index is 639. The number of carbonyl (C=O) groups excluding carboxylic acids is 1. The number of carbonyl (C=O) groups is 1. The van der Waals surface area contributed by atoms with Crippen LogP contribution >= 0.6 is 0 Å². The number of hydrogen-bond acceptors (Lipinski definition) is 4. The van der Waals surface area contributed by atoms with Crippen molar-refractivity contribution < 1.29 is 14.3 Å².